The van der Waals surface area contributed by atoms with Gasteiger partial charge in [0.1, 0.15) is 0 Å². The number of hydrogen-bond donors (Lipinski definition) is 2. The molecule has 3 N–H and O–H groups in total. The summed E-state index contributed by atoms with van der Waals surface area (Å²) in [6.07, 6.45) is 0. The fourth-order valence-corrected chi connectivity index (χ4v) is 2.23. The predicted molar refractivity (Wildman–Crippen MR) is 87.5 cm³/mol. The third kappa shape index (κ3) is 2.74. The third-order valence-electron chi connectivity index (χ3n) is 3.40. The molecular weight excluding hydrogens is 274 g/mol. The highest BCUT2D eigenvalue weighted by atomic mass is 16.1. The number of carbonyl (C=O) groups is 1. The lowest BCUT2D eigenvalue weighted by Crippen LogP contribution is -2.11. The Kier molecular flexibility index (Phi) is 3.47. The van der Waals surface area contributed by atoms with Gasteiger partial charge in [0.15, 0.2) is 0 Å². The second-order valence-corrected chi connectivity index (χ2v) is 4.96. The normalized spacial score (nSPS) is 10.1. The van der Waals surface area contributed by atoms with Crippen molar-refractivity contribution in [3.05, 3.63) is 71.8 Å². The van der Waals surface area contributed by atoms with Crippen LogP contribution in [0.4, 0.5) is 11.4 Å². The Hall–Kier alpha value is -3.32. The van der Waals surface area contributed by atoms with Gasteiger partial charge < -0.3 is 11.1 Å². The van der Waals surface area contributed by atoms with Crippen molar-refractivity contribution >= 4 is 28.1 Å². The lowest BCUT2D eigenvalue weighted by atomic mass is 10.0. The molecule has 0 fully saturated rings. The number of nitrogens with one attached hydrogen (secondary N) is 1. The number of fused-ring (bicyclic) bond motifs is 1. The number of nitrogens with zero attached hydrogens (tertiary/aromatic N) is 1. The van der Waals surface area contributed by atoms with Gasteiger partial charge in [0, 0.05) is 16.9 Å². The minimum atomic E-state index is -0.184. The summed E-state index contributed by atoms with van der Waals surface area (Å²) in [7, 11) is 0. The standard InChI is InChI=1S/C18H13N3O/c19-11-12-1-2-14-10-15(4-3-13(14)9-12)18(22)21-17-7-5-16(20)6-8-17/h1-10H,20H2,(H,21,22). The molecule has 3 aromatic rings. The third-order valence-corrected chi connectivity index (χ3v) is 3.40. The van der Waals surface area contributed by atoms with Gasteiger partial charge in [-0.25, -0.2) is 0 Å². The number of carbonyl (C=O) groups excluding carboxylic acids is 1. The average molecular weight is 287 g/mol. The van der Waals surface area contributed by atoms with E-state index in [0.717, 1.165) is 10.8 Å². The van der Waals surface area contributed by atoms with Crippen molar-refractivity contribution in [1.29, 1.82) is 5.26 Å². The monoisotopic (exact) mass is 287 g/mol. The van der Waals surface area contributed by atoms with Crippen molar-refractivity contribution in [2.75, 3.05) is 11.1 Å². The molecule has 0 bridgehead atoms. The summed E-state index contributed by atoms with van der Waals surface area (Å²) < 4.78 is 0. The van der Waals surface area contributed by atoms with Gasteiger partial charge in [-0.05, 0) is 59.3 Å². The van der Waals surface area contributed by atoms with Gasteiger partial charge in [-0.15, -0.1) is 0 Å². The Morgan fingerprint density at radius 1 is 0.955 bits per heavy atom. The molecule has 3 aromatic carbocycles. The molecule has 0 spiro atoms. The van der Waals surface area contributed by atoms with Crippen molar-refractivity contribution in [3.8, 4) is 6.07 Å². The summed E-state index contributed by atoms with van der Waals surface area (Å²) >= 11 is 0. The first-order chi connectivity index (χ1) is 10.7. The van der Waals surface area contributed by atoms with E-state index in [9.17, 15) is 4.79 Å². The smallest absolute Gasteiger partial charge is 0.255 e. The van der Waals surface area contributed by atoms with Crippen molar-refractivity contribution in [1.82, 2.24) is 0 Å². The maximum Gasteiger partial charge on any atom is 0.255 e. The van der Waals surface area contributed by atoms with E-state index in [4.69, 9.17) is 11.0 Å². The number of benzene rings is 3. The van der Waals surface area contributed by atoms with Gasteiger partial charge in [0.05, 0.1) is 11.6 Å². The number of rotatable bonds is 2. The second-order valence-electron chi connectivity index (χ2n) is 4.96. The largest absolute Gasteiger partial charge is 0.399 e. The zero-order chi connectivity index (χ0) is 15.5. The van der Waals surface area contributed by atoms with Gasteiger partial charge in [-0.2, -0.15) is 5.26 Å². The van der Waals surface area contributed by atoms with Gasteiger partial charge >= 0.3 is 0 Å². The van der Waals surface area contributed by atoms with Gasteiger partial charge in [0.2, 0.25) is 0 Å². The van der Waals surface area contributed by atoms with Crippen LogP contribution in [0.2, 0.25) is 0 Å². The van der Waals surface area contributed by atoms with Crippen LogP contribution >= 0.6 is 0 Å². The van der Waals surface area contributed by atoms with E-state index in [1.807, 2.05) is 18.2 Å². The summed E-state index contributed by atoms with van der Waals surface area (Å²) in [5, 5.41) is 13.6. The lowest BCUT2D eigenvalue weighted by Gasteiger charge is -2.07. The van der Waals surface area contributed by atoms with Crippen molar-refractivity contribution in [2.24, 2.45) is 0 Å². The van der Waals surface area contributed by atoms with Gasteiger partial charge in [-0.3, -0.25) is 4.79 Å². The van der Waals surface area contributed by atoms with Crippen LogP contribution in [0, 0.1) is 11.3 Å². The fourth-order valence-electron chi connectivity index (χ4n) is 2.23. The first kappa shape index (κ1) is 13.7. The fraction of sp³-hybridized carbons (Fsp3) is 0. The number of hydrogen-bond acceptors (Lipinski definition) is 3. The Morgan fingerprint density at radius 3 is 2.36 bits per heavy atom. The molecule has 0 atom stereocenters. The van der Waals surface area contributed by atoms with Crippen LogP contribution in [-0.4, -0.2) is 5.91 Å². The summed E-state index contributed by atoms with van der Waals surface area (Å²) in [4.78, 5) is 12.3. The van der Waals surface area contributed by atoms with E-state index in [2.05, 4.69) is 11.4 Å². The Bertz CT molecular complexity index is 892. The summed E-state index contributed by atoms with van der Waals surface area (Å²) in [5.41, 5.74) is 8.13. The Labute approximate surface area is 127 Å². The Morgan fingerprint density at radius 2 is 1.64 bits per heavy atom. The maximum atomic E-state index is 12.3. The first-order valence-electron chi connectivity index (χ1n) is 6.76. The molecule has 1 amide bonds. The molecule has 0 heterocycles. The molecule has 0 aromatic heterocycles. The van der Waals surface area contributed by atoms with E-state index in [0.29, 0.717) is 22.5 Å². The van der Waals surface area contributed by atoms with Crippen LogP contribution in [0.5, 0.6) is 0 Å². The van der Waals surface area contributed by atoms with Crippen LogP contribution < -0.4 is 11.1 Å². The highest BCUT2D eigenvalue weighted by Gasteiger charge is 2.07. The molecule has 4 nitrogen and oxygen atoms in total. The van der Waals surface area contributed by atoms with Crippen LogP contribution in [0.15, 0.2) is 60.7 Å². The molecule has 0 unspecified atom stereocenters. The molecule has 0 aliphatic rings. The van der Waals surface area contributed by atoms with Crippen LogP contribution in [-0.2, 0) is 0 Å². The number of amides is 1. The van der Waals surface area contributed by atoms with E-state index in [1.165, 1.54) is 0 Å². The molecule has 22 heavy (non-hydrogen) atoms. The topological polar surface area (TPSA) is 78.9 Å². The zero-order valence-corrected chi connectivity index (χ0v) is 11.7. The van der Waals surface area contributed by atoms with Gasteiger partial charge in [-0.1, -0.05) is 12.1 Å². The molecule has 4 heteroatoms. The molecule has 106 valence electrons. The molecule has 0 saturated heterocycles. The SMILES string of the molecule is N#Cc1ccc2cc(C(=O)Nc3ccc(N)cc3)ccc2c1. The highest BCUT2D eigenvalue weighted by Crippen LogP contribution is 2.19. The summed E-state index contributed by atoms with van der Waals surface area (Å²) in [6.45, 7) is 0. The Balaban J connectivity index is 1.88. The average Bonchev–Trinajstić information content (AvgIpc) is 2.56. The quantitative estimate of drug-likeness (QED) is 0.707. The second kappa shape index (κ2) is 5.58. The number of nitrogen functional groups attached to an aromatic ring is 1. The number of nitrogens with two attached hydrogens (primary N) is 1. The summed E-state index contributed by atoms with van der Waals surface area (Å²) in [5.74, 6) is -0.184. The minimum absolute atomic E-state index is 0.184. The minimum Gasteiger partial charge on any atom is -0.399 e. The molecule has 0 saturated carbocycles. The number of anilines is 2. The molecular formula is C18H13N3O. The van der Waals surface area contributed by atoms with E-state index >= 15 is 0 Å². The highest BCUT2D eigenvalue weighted by molar-refractivity contribution is 6.06. The first-order valence-corrected chi connectivity index (χ1v) is 6.76. The molecule has 3 rings (SSSR count). The van der Waals surface area contributed by atoms with Crippen LogP contribution in [0.1, 0.15) is 15.9 Å². The van der Waals surface area contributed by atoms with Crippen molar-refractivity contribution in [3.63, 3.8) is 0 Å². The predicted octanol–water partition coefficient (Wildman–Crippen LogP) is 3.55. The van der Waals surface area contributed by atoms with Crippen LogP contribution in [0.3, 0.4) is 0 Å². The van der Waals surface area contributed by atoms with E-state index in [1.54, 1.807) is 42.5 Å². The van der Waals surface area contributed by atoms with Crippen molar-refractivity contribution in [2.45, 2.75) is 0 Å². The summed E-state index contributed by atoms with van der Waals surface area (Å²) in [6, 6.07) is 19.9. The molecule has 0 aliphatic carbocycles. The van der Waals surface area contributed by atoms with E-state index < -0.39 is 0 Å². The lowest BCUT2D eigenvalue weighted by molar-refractivity contribution is 0.102. The molecule has 0 radical (unpaired) electrons. The van der Waals surface area contributed by atoms with Crippen LogP contribution in [0.25, 0.3) is 10.8 Å². The maximum absolute atomic E-state index is 12.3. The molecule has 0 aliphatic heterocycles. The van der Waals surface area contributed by atoms with Crippen molar-refractivity contribution < 1.29 is 4.79 Å². The zero-order valence-electron chi connectivity index (χ0n) is 11.7. The van der Waals surface area contributed by atoms with Gasteiger partial charge in [0.25, 0.3) is 5.91 Å². The van der Waals surface area contributed by atoms with E-state index in [-0.39, 0.29) is 5.91 Å². The number of nitriles is 1.